The third-order valence-electron chi connectivity index (χ3n) is 3.34. The summed E-state index contributed by atoms with van der Waals surface area (Å²) in [6.45, 7) is 4.81. The Bertz CT molecular complexity index is 619. The van der Waals surface area contributed by atoms with Gasteiger partial charge in [-0.15, -0.1) is 0 Å². The molecule has 0 bridgehead atoms. The molecule has 0 saturated carbocycles. The van der Waals surface area contributed by atoms with Crippen LogP contribution in [0.5, 0.6) is 0 Å². The van der Waals surface area contributed by atoms with Gasteiger partial charge in [0.25, 0.3) is 0 Å². The van der Waals surface area contributed by atoms with Gasteiger partial charge < -0.3 is 15.0 Å². The van der Waals surface area contributed by atoms with Gasteiger partial charge in [0.1, 0.15) is 0 Å². The van der Waals surface area contributed by atoms with E-state index in [9.17, 15) is 4.79 Å². The fourth-order valence-corrected chi connectivity index (χ4v) is 2.25. The second kappa shape index (κ2) is 5.46. The molecular formula is C13H16N4O3. The summed E-state index contributed by atoms with van der Waals surface area (Å²) >= 11 is 0. The fourth-order valence-electron chi connectivity index (χ4n) is 2.25. The summed E-state index contributed by atoms with van der Waals surface area (Å²) < 4.78 is 10.2. The molecule has 2 aromatic rings. The minimum absolute atomic E-state index is 0.0616. The van der Waals surface area contributed by atoms with E-state index in [1.54, 1.807) is 6.92 Å². The molecule has 2 heterocycles. The van der Waals surface area contributed by atoms with Crippen LogP contribution in [0, 0.1) is 0 Å². The van der Waals surface area contributed by atoms with Crippen molar-refractivity contribution in [2.24, 2.45) is 0 Å². The van der Waals surface area contributed by atoms with Gasteiger partial charge in [-0.25, -0.2) is 4.63 Å². The predicted octanol–water partition coefficient (Wildman–Crippen LogP) is 1.41. The highest BCUT2D eigenvalue weighted by Gasteiger charge is 2.19. The Morgan fingerprint density at radius 1 is 1.30 bits per heavy atom. The lowest BCUT2D eigenvalue weighted by atomic mass is 10.2. The third-order valence-corrected chi connectivity index (χ3v) is 3.34. The van der Waals surface area contributed by atoms with Crippen molar-refractivity contribution in [1.82, 2.24) is 10.3 Å². The molecule has 1 aliphatic heterocycles. The number of ether oxygens (including phenoxy) is 1. The van der Waals surface area contributed by atoms with Crippen LogP contribution >= 0.6 is 0 Å². The molecule has 0 atom stereocenters. The van der Waals surface area contributed by atoms with Gasteiger partial charge in [-0.2, -0.15) is 0 Å². The third kappa shape index (κ3) is 2.32. The second-order valence-electron chi connectivity index (χ2n) is 4.59. The second-order valence-corrected chi connectivity index (χ2v) is 4.59. The first-order valence-electron chi connectivity index (χ1n) is 6.67. The molecular weight excluding hydrogens is 260 g/mol. The van der Waals surface area contributed by atoms with Crippen molar-refractivity contribution in [1.29, 1.82) is 0 Å². The Labute approximate surface area is 115 Å². The van der Waals surface area contributed by atoms with Crippen LogP contribution in [0.15, 0.2) is 16.8 Å². The van der Waals surface area contributed by atoms with Crippen LogP contribution in [0.25, 0.3) is 11.0 Å². The molecule has 20 heavy (non-hydrogen) atoms. The van der Waals surface area contributed by atoms with E-state index >= 15 is 0 Å². The molecule has 106 valence electrons. The van der Waals surface area contributed by atoms with E-state index in [1.807, 2.05) is 12.1 Å². The molecule has 1 aromatic heterocycles. The number of hydrogen-bond donors (Lipinski definition) is 1. The smallest absolute Gasteiger partial charge is 0.224 e. The summed E-state index contributed by atoms with van der Waals surface area (Å²) in [4.78, 5) is 13.7. The van der Waals surface area contributed by atoms with Gasteiger partial charge in [0.15, 0.2) is 11.0 Å². The highest BCUT2D eigenvalue weighted by atomic mass is 16.6. The van der Waals surface area contributed by atoms with E-state index in [4.69, 9.17) is 9.37 Å². The van der Waals surface area contributed by atoms with Gasteiger partial charge in [0.05, 0.1) is 24.6 Å². The monoisotopic (exact) mass is 276 g/mol. The number of benzene rings is 1. The lowest BCUT2D eigenvalue weighted by molar-refractivity contribution is -0.115. The number of anilines is 2. The Morgan fingerprint density at radius 2 is 2.05 bits per heavy atom. The molecule has 1 amide bonds. The van der Waals surface area contributed by atoms with Crippen molar-refractivity contribution >= 4 is 28.3 Å². The number of hydrogen-bond acceptors (Lipinski definition) is 6. The van der Waals surface area contributed by atoms with Crippen molar-refractivity contribution in [3.63, 3.8) is 0 Å². The van der Waals surface area contributed by atoms with E-state index in [-0.39, 0.29) is 5.91 Å². The summed E-state index contributed by atoms with van der Waals surface area (Å²) in [5, 5.41) is 10.7. The minimum Gasteiger partial charge on any atom is -0.378 e. The van der Waals surface area contributed by atoms with E-state index in [0.29, 0.717) is 36.4 Å². The van der Waals surface area contributed by atoms with E-state index in [0.717, 1.165) is 18.8 Å². The Balaban J connectivity index is 1.97. The van der Waals surface area contributed by atoms with Crippen LogP contribution in [0.1, 0.15) is 13.3 Å². The number of carbonyl (C=O) groups is 1. The number of nitrogens with zero attached hydrogens (tertiary/aromatic N) is 3. The maximum Gasteiger partial charge on any atom is 0.224 e. The number of fused-ring (bicyclic) bond motifs is 1. The number of amides is 1. The number of aromatic nitrogens is 2. The van der Waals surface area contributed by atoms with Gasteiger partial charge in [0.2, 0.25) is 5.91 Å². The zero-order chi connectivity index (χ0) is 13.9. The Hall–Kier alpha value is -2.15. The van der Waals surface area contributed by atoms with Gasteiger partial charge in [-0.3, -0.25) is 4.79 Å². The lowest BCUT2D eigenvalue weighted by Gasteiger charge is -2.28. The average molecular weight is 276 g/mol. The first-order valence-corrected chi connectivity index (χ1v) is 6.67. The SMILES string of the molecule is CCC(=O)Nc1ccc(N2CCOCC2)c2nonc12. The van der Waals surface area contributed by atoms with Crippen LogP contribution < -0.4 is 10.2 Å². The number of nitrogens with one attached hydrogen (secondary N) is 1. The molecule has 1 saturated heterocycles. The van der Waals surface area contributed by atoms with Crippen molar-refractivity contribution in [2.75, 3.05) is 36.5 Å². The van der Waals surface area contributed by atoms with Crippen molar-refractivity contribution in [3.8, 4) is 0 Å². The first-order chi connectivity index (χ1) is 9.79. The average Bonchev–Trinajstić information content (AvgIpc) is 2.98. The van der Waals surface area contributed by atoms with Crippen LogP contribution in [0.3, 0.4) is 0 Å². The van der Waals surface area contributed by atoms with Crippen LogP contribution in [0.2, 0.25) is 0 Å². The van der Waals surface area contributed by atoms with Gasteiger partial charge >= 0.3 is 0 Å². The zero-order valence-corrected chi connectivity index (χ0v) is 11.3. The largest absolute Gasteiger partial charge is 0.378 e. The summed E-state index contributed by atoms with van der Waals surface area (Å²) in [5.74, 6) is -0.0616. The molecule has 0 unspecified atom stereocenters. The normalized spacial score (nSPS) is 15.6. The van der Waals surface area contributed by atoms with Gasteiger partial charge in [-0.05, 0) is 22.4 Å². The molecule has 7 heteroatoms. The first kappa shape index (κ1) is 12.9. The molecule has 1 aliphatic rings. The summed E-state index contributed by atoms with van der Waals surface area (Å²) in [7, 11) is 0. The van der Waals surface area contributed by atoms with Crippen molar-refractivity contribution < 1.29 is 14.2 Å². The molecule has 0 spiro atoms. The van der Waals surface area contributed by atoms with Gasteiger partial charge in [0, 0.05) is 19.5 Å². The Morgan fingerprint density at radius 3 is 2.80 bits per heavy atom. The van der Waals surface area contributed by atoms with E-state index < -0.39 is 0 Å². The molecule has 0 radical (unpaired) electrons. The summed E-state index contributed by atoms with van der Waals surface area (Å²) in [6.07, 6.45) is 0.415. The quantitative estimate of drug-likeness (QED) is 0.913. The van der Waals surface area contributed by atoms with Crippen LogP contribution in [-0.4, -0.2) is 42.5 Å². The number of rotatable bonds is 3. The number of carbonyl (C=O) groups excluding carboxylic acids is 1. The molecule has 1 aromatic carbocycles. The zero-order valence-electron chi connectivity index (χ0n) is 11.3. The van der Waals surface area contributed by atoms with E-state index in [1.165, 1.54) is 0 Å². The van der Waals surface area contributed by atoms with Gasteiger partial charge in [-0.1, -0.05) is 6.92 Å². The molecule has 0 aliphatic carbocycles. The summed E-state index contributed by atoms with van der Waals surface area (Å²) in [5.41, 5.74) is 2.83. The minimum atomic E-state index is -0.0616. The molecule has 3 rings (SSSR count). The Kier molecular flexibility index (Phi) is 3.51. The van der Waals surface area contributed by atoms with E-state index in [2.05, 4.69) is 20.5 Å². The lowest BCUT2D eigenvalue weighted by Crippen LogP contribution is -2.36. The standard InChI is InChI=1S/C13H16N4O3/c1-2-11(18)14-9-3-4-10(13-12(9)15-20-16-13)17-5-7-19-8-6-17/h3-4H,2,5-8H2,1H3,(H,14,18). The predicted molar refractivity (Wildman–Crippen MR) is 73.8 cm³/mol. The van der Waals surface area contributed by atoms with Crippen molar-refractivity contribution in [3.05, 3.63) is 12.1 Å². The van der Waals surface area contributed by atoms with Crippen LogP contribution in [-0.2, 0) is 9.53 Å². The number of morpholine rings is 1. The summed E-state index contributed by atoms with van der Waals surface area (Å²) in [6, 6.07) is 3.77. The molecule has 1 N–H and O–H groups in total. The maximum atomic E-state index is 11.5. The molecule has 7 nitrogen and oxygen atoms in total. The highest BCUT2D eigenvalue weighted by Crippen LogP contribution is 2.30. The molecule has 1 fully saturated rings. The topological polar surface area (TPSA) is 80.5 Å². The van der Waals surface area contributed by atoms with Crippen LogP contribution in [0.4, 0.5) is 11.4 Å². The highest BCUT2D eigenvalue weighted by molar-refractivity contribution is 6.02. The maximum absolute atomic E-state index is 11.5. The van der Waals surface area contributed by atoms with Crippen molar-refractivity contribution in [2.45, 2.75) is 13.3 Å². The fraction of sp³-hybridized carbons (Fsp3) is 0.462.